The zero-order chi connectivity index (χ0) is 11.5. The van der Waals surface area contributed by atoms with Gasteiger partial charge in [0.2, 0.25) is 0 Å². The SMILES string of the molecule is Cc1cc(C(NN)C2=CCCO2)cc(C)n1. The first-order valence-corrected chi connectivity index (χ1v) is 5.45. The van der Waals surface area contributed by atoms with Gasteiger partial charge in [0.1, 0.15) is 11.8 Å². The van der Waals surface area contributed by atoms with Gasteiger partial charge in [0, 0.05) is 17.8 Å². The van der Waals surface area contributed by atoms with Crippen LogP contribution in [0, 0.1) is 13.8 Å². The van der Waals surface area contributed by atoms with Gasteiger partial charge in [-0.2, -0.15) is 0 Å². The van der Waals surface area contributed by atoms with E-state index in [0.717, 1.165) is 35.7 Å². The Labute approximate surface area is 95.5 Å². The fraction of sp³-hybridized carbons (Fsp3) is 0.417. The molecule has 0 fully saturated rings. The Balaban J connectivity index is 2.32. The molecule has 0 aromatic carbocycles. The van der Waals surface area contributed by atoms with Crippen LogP contribution in [0.1, 0.15) is 29.4 Å². The normalized spacial score (nSPS) is 16.8. The molecule has 1 aliphatic heterocycles. The van der Waals surface area contributed by atoms with Gasteiger partial charge in [-0.1, -0.05) is 0 Å². The lowest BCUT2D eigenvalue weighted by molar-refractivity contribution is 0.215. The monoisotopic (exact) mass is 219 g/mol. The molecule has 0 amide bonds. The second-order valence-corrected chi connectivity index (χ2v) is 4.03. The van der Waals surface area contributed by atoms with Gasteiger partial charge in [-0.25, -0.2) is 5.43 Å². The third-order valence-corrected chi connectivity index (χ3v) is 2.62. The van der Waals surface area contributed by atoms with Crippen LogP contribution in [0.3, 0.4) is 0 Å². The number of ether oxygens (including phenoxy) is 1. The average Bonchev–Trinajstić information content (AvgIpc) is 2.70. The predicted molar refractivity (Wildman–Crippen MR) is 62.4 cm³/mol. The van der Waals surface area contributed by atoms with Crippen LogP contribution in [0.4, 0.5) is 0 Å². The molecule has 3 N–H and O–H groups in total. The van der Waals surface area contributed by atoms with E-state index >= 15 is 0 Å². The minimum Gasteiger partial charge on any atom is -0.496 e. The lowest BCUT2D eigenvalue weighted by atomic mass is 10.0. The molecule has 1 unspecified atom stereocenters. The number of hydrogen-bond acceptors (Lipinski definition) is 4. The van der Waals surface area contributed by atoms with Crippen molar-refractivity contribution in [2.24, 2.45) is 5.84 Å². The highest BCUT2D eigenvalue weighted by Crippen LogP contribution is 2.26. The first-order valence-electron chi connectivity index (χ1n) is 5.45. The van der Waals surface area contributed by atoms with Crippen molar-refractivity contribution in [3.8, 4) is 0 Å². The van der Waals surface area contributed by atoms with Gasteiger partial charge in [-0.15, -0.1) is 0 Å². The van der Waals surface area contributed by atoms with Crippen molar-refractivity contribution >= 4 is 0 Å². The molecule has 2 heterocycles. The van der Waals surface area contributed by atoms with Crippen LogP contribution in [-0.2, 0) is 4.74 Å². The van der Waals surface area contributed by atoms with Crippen molar-refractivity contribution in [2.75, 3.05) is 6.61 Å². The van der Waals surface area contributed by atoms with Gasteiger partial charge in [0.25, 0.3) is 0 Å². The van der Waals surface area contributed by atoms with E-state index in [1.165, 1.54) is 0 Å². The third kappa shape index (κ3) is 2.23. The van der Waals surface area contributed by atoms with Gasteiger partial charge >= 0.3 is 0 Å². The summed E-state index contributed by atoms with van der Waals surface area (Å²) in [6.07, 6.45) is 3.03. The molecule has 86 valence electrons. The van der Waals surface area contributed by atoms with Crippen molar-refractivity contribution in [3.63, 3.8) is 0 Å². The number of nitrogens with two attached hydrogens (primary N) is 1. The van der Waals surface area contributed by atoms with E-state index in [-0.39, 0.29) is 6.04 Å². The number of rotatable bonds is 3. The zero-order valence-electron chi connectivity index (χ0n) is 9.66. The van der Waals surface area contributed by atoms with E-state index in [2.05, 4.69) is 16.5 Å². The number of hydrogen-bond donors (Lipinski definition) is 2. The highest BCUT2D eigenvalue weighted by molar-refractivity contribution is 5.29. The Bertz CT molecular complexity index is 394. The van der Waals surface area contributed by atoms with Crippen LogP contribution < -0.4 is 11.3 Å². The van der Waals surface area contributed by atoms with Crippen LogP contribution in [0.15, 0.2) is 24.0 Å². The number of nitrogens with zero attached hydrogens (tertiary/aromatic N) is 1. The molecule has 4 heteroatoms. The van der Waals surface area contributed by atoms with Gasteiger partial charge in [-0.3, -0.25) is 10.8 Å². The summed E-state index contributed by atoms with van der Waals surface area (Å²) >= 11 is 0. The maximum atomic E-state index is 5.59. The van der Waals surface area contributed by atoms with Crippen molar-refractivity contribution in [1.29, 1.82) is 0 Å². The summed E-state index contributed by atoms with van der Waals surface area (Å²) in [7, 11) is 0. The van der Waals surface area contributed by atoms with Crippen molar-refractivity contribution in [1.82, 2.24) is 10.4 Å². The summed E-state index contributed by atoms with van der Waals surface area (Å²) in [6.45, 7) is 4.71. The van der Waals surface area contributed by atoms with Gasteiger partial charge < -0.3 is 4.74 Å². The predicted octanol–water partition coefficient (Wildman–Crippen LogP) is 1.51. The van der Waals surface area contributed by atoms with E-state index in [4.69, 9.17) is 10.6 Å². The molecule has 1 aromatic rings. The van der Waals surface area contributed by atoms with Crippen LogP contribution in [-0.4, -0.2) is 11.6 Å². The quantitative estimate of drug-likeness (QED) is 0.597. The third-order valence-electron chi connectivity index (χ3n) is 2.62. The molecule has 0 radical (unpaired) electrons. The van der Waals surface area contributed by atoms with Crippen LogP contribution in [0.2, 0.25) is 0 Å². The van der Waals surface area contributed by atoms with Gasteiger partial charge in [-0.05, 0) is 37.6 Å². The fourth-order valence-corrected chi connectivity index (χ4v) is 2.01. The summed E-state index contributed by atoms with van der Waals surface area (Å²) in [4.78, 5) is 4.35. The second kappa shape index (κ2) is 4.63. The van der Waals surface area contributed by atoms with Gasteiger partial charge in [0.05, 0.1) is 6.61 Å². The van der Waals surface area contributed by atoms with E-state index in [1.807, 2.05) is 26.0 Å². The largest absolute Gasteiger partial charge is 0.496 e. The number of nitrogens with one attached hydrogen (secondary N) is 1. The lowest BCUT2D eigenvalue weighted by Crippen LogP contribution is -2.29. The molecule has 4 nitrogen and oxygen atoms in total. The van der Waals surface area contributed by atoms with Crippen molar-refractivity contribution in [2.45, 2.75) is 26.3 Å². The van der Waals surface area contributed by atoms with E-state index in [9.17, 15) is 0 Å². The van der Waals surface area contributed by atoms with E-state index < -0.39 is 0 Å². The molecule has 1 aliphatic rings. The van der Waals surface area contributed by atoms with E-state index in [1.54, 1.807) is 0 Å². The Morgan fingerprint density at radius 2 is 2.06 bits per heavy atom. The average molecular weight is 219 g/mol. The molecular formula is C12H17N3O. The molecular weight excluding hydrogens is 202 g/mol. The lowest BCUT2D eigenvalue weighted by Gasteiger charge is -2.18. The number of aromatic nitrogens is 1. The first kappa shape index (κ1) is 11.1. The van der Waals surface area contributed by atoms with E-state index in [0.29, 0.717) is 0 Å². The zero-order valence-corrected chi connectivity index (χ0v) is 9.66. The molecule has 1 aromatic heterocycles. The Morgan fingerprint density at radius 3 is 2.56 bits per heavy atom. The summed E-state index contributed by atoms with van der Waals surface area (Å²) < 4.78 is 5.54. The summed E-state index contributed by atoms with van der Waals surface area (Å²) in [5, 5.41) is 0. The highest BCUT2D eigenvalue weighted by atomic mass is 16.5. The first-order chi connectivity index (χ1) is 7.70. The number of aryl methyl sites for hydroxylation is 2. The molecule has 0 saturated heterocycles. The topological polar surface area (TPSA) is 60.2 Å². The fourth-order valence-electron chi connectivity index (χ4n) is 2.01. The van der Waals surface area contributed by atoms with Crippen molar-refractivity contribution < 1.29 is 4.74 Å². The molecule has 0 spiro atoms. The highest BCUT2D eigenvalue weighted by Gasteiger charge is 2.20. The van der Waals surface area contributed by atoms with Crippen LogP contribution in [0.5, 0.6) is 0 Å². The van der Waals surface area contributed by atoms with Crippen molar-refractivity contribution in [3.05, 3.63) is 40.9 Å². The molecule has 0 aliphatic carbocycles. The molecule has 0 bridgehead atoms. The summed E-state index contributed by atoms with van der Waals surface area (Å²) in [5.41, 5.74) is 5.88. The molecule has 16 heavy (non-hydrogen) atoms. The Morgan fingerprint density at radius 1 is 1.38 bits per heavy atom. The number of hydrazine groups is 1. The summed E-state index contributed by atoms with van der Waals surface area (Å²) in [5.74, 6) is 6.50. The number of pyridine rings is 1. The maximum Gasteiger partial charge on any atom is 0.115 e. The van der Waals surface area contributed by atoms with Gasteiger partial charge in [0.15, 0.2) is 0 Å². The van der Waals surface area contributed by atoms with Crippen LogP contribution in [0.25, 0.3) is 0 Å². The molecule has 2 rings (SSSR count). The second-order valence-electron chi connectivity index (χ2n) is 4.03. The summed E-state index contributed by atoms with van der Waals surface area (Å²) in [6, 6.07) is 3.99. The Kier molecular flexibility index (Phi) is 3.22. The maximum absolute atomic E-state index is 5.59. The minimum absolute atomic E-state index is 0.0668. The Hall–Kier alpha value is -1.39. The molecule has 0 saturated carbocycles. The molecule has 1 atom stereocenters. The smallest absolute Gasteiger partial charge is 0.115 e. The van der Waals surface area contributed by atoms with Crippen LogP contribution >= 0.6 is 0 Å². The standard InChI is InChI=1S/C12H17N3O/c1-8-6-10(7-9(2)14-8)12(15-13)11-4-3-5-16-11/h4,6-7,12,15H,3,5,13H2,1-2H3. The minimum atomic E-state index is -0.0668.